The number of likely N-dealkylation sites (tertiary alicyclic amines) is 1. The molecule has 1 aliphatic heterocycles. The first-order valence-electron chi connectivity index (χ1n) is 10.7. The molecule has 0 bridgehead atoms. The van der Waals surface area contributed by atoms with Crippen LogP contribution in [0, 0.1) is 5.41 Å². The molecule has 4 N–H and O–H groups in total. The number of nitrogens with two attached hydrogens (primary N) is 1. The minimum absolute atomic E-state index is 0.168. The van der Waals surface area contributed by atoms with Crippen LogP contribution in [-0.4, -0.2) is 63.4 Å². The van der Waals surface area contributed by atoms with Crippen molar-refractivity contribution < 1.29 is 14.7 Å². The van der Waals surface area contributed by atoms with Crippen molar-refractivity contribution in [2.45, 2.75) is 58.7 Å². The topological polar surface area (TPSA) is 113 Å². The summed E-state index contributed by atoms with van der Waals surface area (Å²) >= 11 is 0. The molecular weight excluding hydrogens is 382 g/mol. The largest absolute Gasteiger partial charge is 0.391 e. The molecule has 8 heteroatoms. The fourth-order valence-corrected chi connectivity index (χ4v) is 3.84. The number of benzene rings is 1. The van der Waals surface area contributed by atoms with E-state index in [0.717, 1.165) is 23.7 Å². The van der Waals surface area contributed by atoms with E-state index in [9.17, 15) is 14.7 Å². The number of β-amino-alcohol motifs (C(OH)–C–C–N with tert-alkyl or cyclic N) is 1. The molecule has 2 atom stereocenters. The molecule has 2 aromatic rings. The van der Waals surface area contributed by atoms with E-state index >= 15 is 0 Å². The monoisotopic (exact) mass is 415 g/mol. The molecule has 1 aliphatic rings. The summed E-state index contributed by atoms with van der Waals surface area (Å²) in [4.78, 5) is 28.0. The Morgan fingerprint density at radius 3 is 2.67 bits per heavy atom. The highest BCUT2D eigenvalue weighted by Gasteiger charge is 2.38. The van der Waals surface area contributed by atoms with Crippen LogP contribution in [0.2, 0.25) is 0 Å². The van der Waals surface area contributed by atoms with Crippen molar-refractivity contribution in [3.63, 3.8) is 0 Å². The Labute approximate surface area is 177 Å². The lowest BCUT2D eigenvalue weighted by Gasteiger charge is -2.33. The summed E-state index contributed by atoms with van der Waals surface area (Å²) in [5.41, 5.74) is 6.32. The number of unbranched alkanes of at least 4 members (excludes halogenated alkanes) is 1. The second-order valence-corrected chi connectivity index (χ2v) is 9.08. The van der Waals surface area contributed by atoms with Crippen LogP contribution in [0.4, 0.5) is 0 Å². The van der Waals surface area contributed by atoms with Crippen LogP contribution in [0.15, 0.2) is 24.3 Å². The number of hydrogen-bond acceptors (Lipinski definition) is 5. The molecule has 1 fully saturated rings. The van der Waals surface area contributed by atoms with Crippen molar-refractivity contribution in [1.29, 1.82) is 0 Å². The molecule has 30 heavy (non-hydrogen) atoms. The molecule has 0 spiro atoms. The van der Waals surface area contributed by atoms with E-state index in [1.807, 2.05) is 49.7 Å². The molecule has 1 aromatic heterocycles. The summed E-state index contributed by atoms with van der Waals surface area (Å²) < 4.78 is 1.84. The van der Waals surface area contributed by atoms with Crippen molar-refractivity contribution in [2.75, 3.05) is 19.6 Å². The fraction of sp³-hybridized carbons (Fsp3) is 0.591. The Kier molecular flexibility index (Phi) is 6.77. The van der Waals surface area contributed by atoms with Gasteiger partial charge in [-0.05, 0) is 37.3 Å². The SMILES string of the molecule is CC(C)(C)[C@H](NC(=O)c1nn(CCCCN)c2ccccc12)C(=O)N1CC[C@H](O)C1. The number of rotatable bonds is 7. The third kappa shape index (κ3) is 4.82. The molecule has 3 rings (SSSR count). The van der Waals surface area contributed by atoms with Crippen LogP contribution in [0.5, 0.6) is 0 Å². The zero-order chi connectivity index (χ0) is 21.9. The van der Waals surface area contributed by atoms with E-state index in [4.69, 9.17) is 5.73 Å². The Hall–Kier alpha value is -2.45. The summed E-state index contributed by atoms with van der Waals surface area (Å²) in [6, 6.07) is 6.91. The van der Waals surface area contributed by atoms with E-state index in [1.165, 1.54) is 0 Å². The van der Waals surface area contributed by atoms with Gasteiger partial charge >= 0.3 is 0 Å². The molecule has 0 saturated carbocycles. The molecule has 2 heterocycles. The predicted octanol–water partition coefficient (Wildman–Crippen LogP) is 1.51. The van der Waals surface area contributed by atoms with Crippen LogP contribution in [0.25, 0.3) is 10.9 Å². The Bertz CT molecular complexity index is 902. The standard InChI is InChI=1S/C22H33N5O3/c1-22(2,3)19(21(30)26-13-10-15(28)14-26)24-20(29)18-16-8-4-5-9-17(16)27(25-18)12-7-6-11-23/h4-5,8-9,15,19,28H,6-7,10-14,23H2,1-3H3,(H,24,29)/t15-,19+/m0/s1. The van der Waals surface area contributed by atoms with Crippen LogP contribution in [-0.2, 0) is 11.3 Å². The highest BCUT2D eigenvalue weighted by molar-refractivity contribution is 6.06. The minimum Gasteiger partial charge on any atom is -0.391 e. The number of aryl methyl sites for hydroxylation is 1. The van der Waals surface area contributed by atoms with Gasteiger partial charge in [0, 0.05) is 25.0 Å². The summed E-state index contributed by atoms with van der Waals surface area (Å²) in [5.74, 6) is -0.532. The zero-order valence-corrected chi connectivity index (χ0v) is 18.1. The van der Waals surface area contributed by atoms with Gasteiger partial charge in [-0.25, -0.2) is 0 Å². The second-order valence-electron chi connectivity index (χ2n) is 9.08. The number of nitrogens with zero attached hydrogens (tertiary/aromatic N) is 3. The number of carbonyl (C=O) groups is 2. The van der Waals surface area contributed by atoms with E-state index in [1.54, 1.807) is 4.90 Å². The molecule has 1 aromatic carbocycles. The number of nitrogens with one attached hydrogen (secondary N) is 1. The lowest BCUT2D eigenvalue weighted by Crippen LogP contribution is -2.54. The Morgan fingerprint density at radius 2 is 2.03 bits per heavy atom. The lowest BCUT2D eigenvalue weighted by atomic mass is 9.85. The average molecular weight is 416 g/mol. The third-order valence-electron chi connectivity index (χ3n) is 5.56. The number of fused-ring (bicyclic) bond motifs is 1. The second kappa shape index (κ2) is 9.14. The van der Waals surface area contributed by atoms with E-state index in [-0.39, 0.29) is 11.8 Å². The Morgan fingerprint density at radius 1 is 1.30 bits per heavy atom. The zero-order valence-electron chi connectivity index (χ0n) is 18.1. The molecule has 2 amide bonds. The average Bonchev–Trinajstić information content (AvgIpc) is 3.29. The first-order chi connectivity index (χ1) is 14.2. The smallest absolute Gasteiger partial charge is 0.273 e. The minimum atomic E-state index is -0.712. The van der Waals surface area contributed by atoms with Crippen molar-refractivity contribution in [3.05, 3.63) is 30.0 Å². The van der Waals surface area contributed by atoms with Crippen LogP contribution < -0.4 is 11.1 Å². The molecule has 8 nitrogen and oxygen atoms in total. The Balaban J connectivity index is 1.85. The van der Waals surface area contributed by atoms with E-state index in [0.29, 0.717) is 38.3 Å². The maximum atomic E-state index is 13.2. The fourth-order valence-electron chi connectivity index (χ4n) is 3.84. The van der Waals surface area contributed by atoms with E-state index in [2.05, 4.69) is 10.4 Å². The highest BCUT2D eigenvalue weighted by Crippen LogP contribution is 2.25. The van der Waals surface area contributed by atoms with Gasteiger partial charge in [0.2, 0.25) is 5.91 Å². The number of aromatic nitrogens is 2. The molecule has 1 saturated heterocycles. The number of para-hydroxylation sites is 1. The number of aliphatic hydroxyl groups excluding tert-OH is 1. The number of amides is 2. The van der Waals surface area contributed by atoms with Gasteiger partial charge in [-0.2, -0.15) is 5.10 Å². The highest BCUT2D eigenvalue weighted by atomic mass is 16.3. The molecule has 164 valence electrons. The van der Waals surface area contributed by atoms with Crippen molar-refractivity contribution in [1.82, 2.24) is 20.0 Å². The summed E-state index contributed by atoms with van der Waals surface area (Å²) in [6.45, 7) is 7.87. The first kappa shape index (κ1) is 22.2. The van der Waals surface area contributed by atoms with Gasteiger partial charge in [-0.3, -0.25) is 14.3 Å². The molecule has 0 aliphatic carbocycles. The maximum absolute atomic E-state index is 13.2. The van der Waals surface area contributed by atoms with Crippen LogP contribution >= 0.6 is 0 Å². The van der Waals surface area contributed by atoms with Gasteiger partial charge in [-0.1, -0.05) is 39.0 Å². The van der Waals surface area contributed by atoms with Crippen LogP contribution in [0.1, 0.15) is 50.5 Å². The first-order valence-corrected chi connectivity index (χ1v) is 10.7. The molecule has 0 radical (unpaired) electrons. The van der Waals surface area contributed by atoms with Crippen LogP contribution in [0.3, 0.4) is 0 Å². The lowest BCUT2D eigenvalue weighted by molar-refractivity contribution is -0.135. The van der Waals surface area contributed by atoms with Gasteiger partial charge in [0.05, 0.1) is 11.6 Å². The predicted molar refractivity (Wildman–Crippen MR) is 116 cm³/mol. The molecular formula is C22H33N5O3. The van der Waals surface area contributed by atoms with E-state index < -0.39 is 17.6 Å². The number of hydrogen-bond donors (Lipinski definition) is 3. The summed E-state index contributed by atoms with van der Waals surface area (Å²) in [7, 11) is 0. The molecule has 0 unspecified atom stereocenters. The summed E-state index contributed by atoms with van der Waals surface area (Å²) in [6.07, 6.45) is 1.83. The van der Waals surface area contributed by atoms with Crippen molar-refractivity contribution in [2.24, 2.45) is 11.1 Å². The van der Waals surface area contributed by atoms with Gasteiger partial charge in [0.1, 0.15) is 6.04 Å². The quantitative estimate of drug-likeness (QED) is 0.593. The third-order valence-corrected chi connectivity index (χ3v) is 5.56. The number of carbonyl (C=O) groups excluding carboxylic acids is 2. The normalized spacial score (nSPS) is 18.0. The number of aliphatic hydroxyl groups is 1. The van der Waals surface area contributed by atoms with Gasteiger partial charge in [0.25, 0.3) is 5.91 Å². The van der Waals surface area contributed by atoms with Crippen molar-refractivity contribution >= 4 is 22.7 Å². The van der Waals surface area contributed by atoms with Gasteiger partial charge in [0.15, 0.2) is 5.69 Å². The maximum Gasteiger partial charge on any atom is 0.273 e. The van der Waals surface area contributed by atoms with Crippen molar-refractivity contribution in [3.8, 4) is 0 Å². The van der Waals surface area contributed by atoms with Gasteiger partial charge < -0.3 is 21.1 Å². The summed E-state index contributed by atoms with van der Waals surface area (Å²) in [5, 5.41) is 18.1. The van der Waals surface area contributed by atoms with Gasteiger partial charge in [-0.15, -0.1) is 0 Å².